The molecular formula is C18H15F2N3. The van der Waals surface area contributed by atoms with Gasteiger partial charge in [-0.3, -0.25) is 0 Å². The van der Waals surface area contributed by atoms with E-state index >= 15 is 0 Å². The molecule has 3 nitrogen and oxygen atoms in total. The molecule has 1 aromatic carbocycles. The third-order valence-corrected chi connectivity index (χ3v) is 3.93. The Kier molecular flexibility index (Phi) is 4.33. The van der Waals surface area contributed by atoms with Gasteiger partial charge in [-0.25, -0.2) is 13.8 Å². The molecule has 23 heavy (non-hydrogen) atoms. The Balaban J connectivity index is 1.72. The van der Waals surface area contributed by atoms with Crippen molar-refractivity contribution >= 4 is 11.9 Å². The summed E-state index contributed by atoms with van der Waals surface area (Å²) in [4.78, 5) is 6.38. The summed E-state index contributed by atoms with van der Waals surface area (Å²) in [6.45, 7) is 1.50. The molecule has 3 rings (SSSR count). The lowest BCUT2D eigenvalue weighted by Gasteiger charge is -2.30. The second kappa shape index (κ2) is 6.57. The van der Waals surface area contributed by atoms with Gasteiger partial charge in [-0.05, 0) is 42.7 Å². The molecule has 0 aliphatic carbocycles. The number of rotatable bonds is 2. The van der Waals surface area contributed by atoms with Crippen LogP contribution >= 0.6 is 0 Å². The standard InChI is InChI=1S/C18H15F2N3/c19-16-4-3-14(11-17(16)20)10-13-5-8-23(9-6-13)18-15(12-21)2-1-7-22-18/h1-4,7,10-11H,5-6,8-9H2. The summed E-state index contributed by atoms with van der Waals surface area (Å²) in [5, 5.41) is 9.15. The van der Waals surface area contributed by atoms with Crippen LogP contribution in [-0.4, -0.2) is 18.1 Å². The van der Waals surface area contributed by atoms with Crippen LogP contribution in [0.1, 0.15) is 24.0 Å². The minimum Gasteiger partial charge on any atom is -0.355 e. The molecule has 2 aromatic rings. The fraction of sp³-hybridized carbons (Fsp3) is 0.222. The highest BCUT2D eigenvalue weighted by Crippen LogP contribution is 2.25. The number of nitrogens with zero attached hydrogens (tertiary/aromatic N) is 3. The van der Waals surface area contributed by atoms with E-state index in [4.69, 9.17) is 5.26 Å². The third-order valence-electron chi connectivity index (χ3n) is 3.93. The van der Waals surface area contributed by atoms with Gasteiger partial charge in [-0.2, -0.15) is 5.26 Å². The van der Waals surface area contributed by atoms with E-state index in [1.54, 1.807) is 24.4 Å². The molecule has 0 N–H and O–H groups in total. The number of hydrogen-bond donors (Lipinski definition) is 0. The molecular weight excluding hydrogens is 296 g/mol. The van der Waals surface area contributed by atoms with Crippen LogP contribution in [0.5, 0.6) is 0 Å². The second-order valence-corrected chi connectivity index (χ2v) is 5.45. The topological polar surface area (TPSA) is 39.9 Å². The molecule has 116 valence electrons. The zero-order chi connectivity index (χ0) is 16.2. The van der Waals surface area contributed by atoms with Gasteiger partial charge in [-0.1, -0.05) is 17.7 Å². The molecule has 1 aliphatic rings. The highest BCUT2D eigenvalue weighted by atomic mass is 19.2. The Morgan fingerprint density at radius 3 is 2.61 bits per heavy atom. The summed E-state index contributed by atoms with van der Waals surface area (Å²) in [5.41, 5.74) is 2.42. The first-order valence-corrected chi connectivity index (χ1v) is 7.42. The van der Waals surface area contributed by atoms with E-state index in [1.165, 1.54) is 11.6 Å². The van der Waals surface area contributed by atoms with Gasteiger partial charge in [0.1, 0.15) is 11.9 Å². The highest BCUT2D eigenvalue weighted by Gasteiger charge is 2.18. The van der Waals surface area contributed by atoms with Crippen molar-refractivity contribution in [3.8, 4) is 6.07 Å². The molecule has 0 amide bonds. The van der Waals surface area contributed by atoms with E-state index in [9.17, 15) is 8.78 Å². The van der Waals surface area contributed by atoms with Crippen LogP contribution in [0, 0.1) is 23.0 Å². The first-order valence-electron chi connectivity index (χ1n) is 7.42. The van der Waals surface area contributed by atoms with Crippen LogP contribution in [0.3, 0.4) is 0 Å². The molecule has 1 saturated heterocycles. The number of pyridine rings is 1. The van der Waals surface area contributed by atoms with Gasteiger partial charge in [-0.15, -0.1) is 0 Å². The van der Waals surface area contributed by atoms with Crippen LogP contribution in [0.2, 0.25) is 0 Å². The monoisotopic (exact) mass is 311 g/mol. The van der Waals surface area contributed by atoms with Gasteiger partial charge in [0.25, 0.3) is 0 Å². The van der Waals surface area contributed by atoms with E-state index in [0.717, 1.165) is 32.0 Å². The summed E-state index contributed by atoms with van der Waals surface area (Å²) in [5.74, 6) is -0.952. The van der Waals surface area contributed by atoms with Crippen LogP contribution in [0.25, 0.3) is 6.08 Å². The second-order valence-electron chi connectivity index (χ2n) is 5.45. The van der Waals surface area contributed by atoms with Crippen LogP contribution in [0.15, 0.2) is 42.1 Å². The number of hydrogen-bond acceptors (Lipinski definition) is 3. The van der Waals surface area contributed by atoms with Crippen molar-refractivity contribution in [2.24, 2.45) is 0 Å². The van der Waals surface area contributed by atoms with Crippen molar-refractivity contribution in [3.05, 3.63) is 64.9 Å². The predicted octanol–water partition coefficient (Wildman–Crippen LogP) is 3.92. The Hall–Kier alpha value is -2.74. The first-order chi connectivity index (χ1) is 11.2. The number of anilines is 1. The summed E-state index contributed by atoms with van der Waals surface area (Å²) in [6, 6.07) is 9.59. The molecule has 0 unspecified atom stereocenters. The van der Waals surface area contributed by atoms with Gasteiger partial charge in [0.05, 0.1) is 5.56 Å². The van der Waals surface area contributed by atoms with Gasteiger partial charge >= 0.3 is 0 Å². The normalized spacial score (nSPS) is 14.5. The zero-order valence-corrected chi connectivity index (χ0v) is 12.5. The van der Waals surface area contributed by atoms with Gasteiger partial charge in [0, 0.05) is 19.3 Å². The average molecular weight is 311 g/mol. The Bertz CT molecular complexity index is 783. The maximum absolute atomic E-state index is 13.2. The smallest absolute Gasteiger partial charge is 0.159 e. The molecule has 0 bridgehead atoms. The van der Waals surface area contributed by atoms with Gasteiger partial charge in [0.2, 0.25) is 0 Å². The molecule has 2 heterocycles. The Morgan fingerprint density at radius 1 is 1.13 bits per heavy atom. The molecule has 1 aromatic heterocycles. The van der Waals surface area contributed by atoms with E-state index < -0.39 is 11.6 Å². The summed E-state index contributed by atoms with van der Waals surface area (Å²) < 4.78 is 26.2. The van der Waals surface area contributed by atoms with Crippen molar-refractivity contribution in [3.63, 3.8) is 0 Å². The van der Waals surface area contributed by atoms with E-state index in [-0.39, 0.29) is 0 Å². The molecule has 0 atom stereocenters. The first kappa shape index (κ1) is 15.2. The quantitative estimate of drug-likeness (QED) is 0.844. The number of aromatic nitrogens is 1. The lowest BCUT2D eigenvalue weighted by atomic mass is 10.0. The largest absolute Gasteiger partial charge is 0.355 e. The third kappa shape index (κ3) is 3.37. The zero-order valence-electron chi connectivity index (χ0n) is 12.5. The fourth-order valence-corrected chi connectivity index (χ4v) is 2.72. The van der Waals surface area contributed by atoms with Crippen molar-refractivity contribution in [1.82, 2.24) is 4.98 Å². The number of piperidine rings is 1. The molecule has 1 aliphatic heterocycles. The van der Waals surface area contributed by atoms with Crippen molar-refractivity contribution in [2.75, 3.05) is 18.0 Å². The lowest BCUT2D eigenvalue weighted by molar-refractivity contribution is 0.508. The molecule has 5 heteroatoms. The predicted molar refractivity (Wildman–Crippen MR) is 84.7 cm³/mol. The van der Waals surface area contributed by atoms with E-state index in [2.05, 4.69) is 16.0 Å². The average Bonchev–Trinajstić information content (AvgIpc) is 2.59. The summed E-state index contributed by atoms with van der Waals surface area (Å²) >= 11 is 0. The highest BCUT2D eigenvalue weighted by molar-refractivity contribution is 5.57. The van der Waals surface area contributed by atoms with Crippen LogP contribution in [0.4, 0.5) is 14.6 Å². The minimum absolute atomic E-state index is 0.570. The van der Waals surface area contributed by atoms with Crippen LogP contribution < -0.4 is 4.90 Å². The molecule has 0 radical (unpaired) electrons. The Labute approximate surface area is 133 Å². The Morgan fingerprint density at radius 2 is 1.91 bits per heavy atom. The number of halogens is 2. The fourth-order valence-electron chi connectivity index (χ4n) is 2.72. The molecule has 0 spiro atoms. The van der Waals surface area contributed by atoms with Crippen molar-refractivity contribution in [1.29, 1.82) is 5.26 Å². The summed E-state index contributed by atoms with van der Waals surface area (Å²) in [6.07, 6.45) is 5.20. The maximum atomic E-state index is 13.2. The summed E-state index contributed by atoms with van der Waals surface area (Å²) in [7, 11) is 0. The molecule has 1 fully saturated rings. The number of nitriles is 1. The van der Waals surface area contributed by atoms with Crippen molar-refractivity contribution in [2.45, 2.75) is 12.8 Å². The van der Waals surface area contributed by atoms with Gasteiger partial charge in [0.15, 0.2) is 11.6 Å². The molecule has 0 saturated carbocycles. The van der Waals surface area contributed by atoms with E-state index in [1.807, 2.05) is 6.08 Å². The lowest BCUT2D eigenvalue weighted by Crippen LogP contribution is -2.31. The SMILES string of the molecule is N#Cc1cccnc1N1CCC(=Cc2ccc(F)c(F)c2)CC1. The van der Waals surface area contributed by atoms with Crippen LogP contribution in [-0.2, 0) is 0 Å². The minimum atomic E-state index is -0.832. The maximum Gasteiger partial charge on any atom is 0.159 e. The van der Waals surface area contributed by atoms with E-state index in [0.29, 0.717) is 16.9 Å². The van der Waals surface area contributed by atoms with Gasteiger partial charge < -0.3 is 4.90 Å². The van der Waals surface area contributed by atoms with Crippen molar-refractivity contribution < 1.29 is 8.78 Å². The number of benzene rings is 1.